The fourth-order valence-corrected chi connectivity index (χ4v) is 11.0. The van der Waals surface area contributed by atoms with Crippen LogP contribution in [0.15, 0.2) is 125 Å². The number of ether oxygens (including phenoxy) is 1. The van der Waals surface area contributed by atoms with E-state index in [4.69, 9.17) is 9.57 Å². The molecule has 0 aromatic heterocycles. The summed E-state index contributed by atoms with van der Waals surface area (Å²) >= 11 is 0. The Labute approximate surface area is 459 Å². The molecule has 0 saturated carbocycles. The van der Waals surface area contributed by atoms with E-state index in [2.05, 4.69) is 13.8 Å². The number of allylic oxidation sites excluding steroid dienone is 7. The van der Waals surface area contributed by atoms with Crippen LogP contribution in [0, 0.1) is 0 Å². The summed E-state index contributed by atoms with van der Waals surface area (Å²) in [6.45, 7) is 6.51. The fourth-order valence-electron chi connectivity index (χ4n) is 9.59. The van der Waals surface area contributed by atoms with E-state index in [1.165, 1.54) is 12.1 Å². The SMILES string of the molecule is CC1(C)C(C=CC2=C(Oc3ccc(S(=O)(=O)[O-])cc3)C(=CC=C3N(CCCS(=O)(=O)[O-])c4ccccc4C3(C)CCCC(=O)ON3C(=O)CCC3=O)CCC2)=[N+](CCCS(=O)(=O)[O-])c2ccccc21.[Na+].[Na+]. The van der Waals surface area contributed by atoms with Crippen LogP contribution in [0.25, 0.3) is 0 Å². The van der Waals surface area contributed by atoms with Gasteiger partial charge in [-0.2, -0.15) is 4.58 Å². The number of hydrogen-bond donors (Lipinski definition) is 0. The minimum Gasteiger partial charge on any atom is -0.748 e. The average Bonchev–Trinajstić information content (AvgIpc) is 3.80. The molecule has 4 aliphatic rings. The average molecular weight is 1050 g/mol. The first-order valence-corrected chi connectivity index (χ1v) is 27.1. The van der Waals surface area contributed by atoms with Crippen LogP contribution >= 0.6 is 0 Å². The minimum absolute atomic E-state index is 0. The Kier molecular flexibility index (Phi) is 19.3. The number of nitrogens with zero attached hydrogens (tertiary/aromatic N) is 3. The molecule has 1 unspecified atom stereocenters. The van der Waals surface area contributed by atoms with Crippen LogP contribution in [0.2, 0.25) is 0 Å². The summed E-state index contributed by atoms with van der Waals surface area (Å²) in [6, 6.07) is 20.4. The topological polar surface area (TPSA) is 251 Å². The maximum Gasteiger partial charge on any atom is 1.00 e. The van der Waals surface area contributed by atoms with Crippen LogP contribution in [0.3, 0.4) is 0 Å². The molecule has 3 heterocycles. The first kappa shape index (κ1) is 58.1. The fraction of sp³-hybridized carbons (Fsp3) is 0.388. The van der Waals surface area contributed by atoms with E-state index in [0.717, 1.165) is 57.2 Å². The van der Waals surface area contributed by atoms with Crippen molar-refractivity contribution in [2.45, 2.75) is 101 Å². The summed E-state index contributed by atoms with van der Waals surface area (Å²) in [6.07, 6.45) is 9.93. The van der Waals surface area contributed by atoms with Crippen LogP contribution in [-0.2, 0) is 60.4 Å². The Morgan fingerprint density at radius 3 is 2.01 bits per heavy atom. The normalized spacial score (nSPS) is 20.1. The predicted octanol–water partition coefficient (Wildman–Crippen LogP) is 0.284. The number of anilines is 1. The van der Waals surface area contributed by atoms with Crippen molar-refractivity contribution in [2.75, 3.05) is 29.5 Å². The van der Waals surface area contributed by atoms with E-state index < -0.39 is 75.4 Å². The van der Waals surface area contributed by atoms with E-state index >= 15 is 0 Å². The zero-order valence-corrected chi connectivity index (χ0v) is 46.9. The van der Waals surface area contributed by atoms with Gasteiger partial charge in [0.15, 0.2) is 5.71 Å². The maximum absolute atomic E-state index is 12.9. The molecule has 17 nitrogen and oxygen atoms in total. The molecule has 1 fully saturated rings. The second-order valence-electron chi connectivity index (χ2n) is 18.1. The summed E-state index contributed by atoms with van der Waals surface area (Å²) in [4.78, 5) is 43.9. The van der Waals surface area contributed by atoms with Crippen LogP contribution in [0.5, 0.6) is 5.75 Å². The van der Waals surface area contributed by atoms with Gasteiger partial charge in [-0.15, -0.1) is 5.06 Å². The Morgan fingerprint density at radius 1 is 0.746 bits per heavy atom. The number of benzene rings is 3. The maximum atomic E-state index is 12.9. The van der Waals surface area contributed by atoms with E-state index in [-0.39, 0.29) is 116 Å². The Morgan fingerprint density at radius 2 is 1.37 bits per heavy atom. The van der Waals surface area contributed by atoms with E-state index in [0.29, 0.717) is 36.5 Å². The summed E-state index contributed by atoms with van der Waals surface area (Å²) in [5, 5.41) is 0.507. The number of rotatable bonds is 19. The van der Waals surface area contributed by atoms with Gasteiger partial charge in [-0.25, -0.2) is 30.0 Å². The number of fused-ring (bicyclic) bond motifs is 2. The summed E-state index contributed by atoms with van der Waals surface area (Å²) < 4.78 is 114. The number of hydroxylamine groups is 2. The predicted molar refractivity (Wildman–Crippen MR) is 251 cm³/mol. The van der Waals surface area contributed by atoms with Crippen LogP contribution in [0.1, 0.15) is 96.1 Å². The largest absolute Gasteiger partial charge is 1.00 e. The van der Waals surface area contributed by atoms with Crippen LogP contribution in [-0.4, -0.2) is 96.6 Å². The first-order chi connectivity index (χ1) is 32.5. The molecule has 3 aromatic rings. The number of hydrogen-bond acceptors (Lipinski definition) is 15. The van der Waals surface area contributed by atoms with Crippen molar-refractivity contribution in [3.63, 3.8) is 0 Å². The summed E-state index contributed by atoms with van der Waals surface area (Å²) in [5.41, 5.74) is 5.25. The molecule has 1 atom stereocenters. The molecule has 0 bridgehead atoms. The molecule has 3 aromatic carbocycles. The molecule has 2 amide bonds. The second kappa shape index (κ2) is 23.6. The van der Waals surface area contributed by atoms with E-state index in [1.807, 2.05) is 89.2 Å². The van der Waals surface area contributed by atoms with Gasteiger partial charge in [-0.1, -0.05) is 42.5 Å². The first-order valence-electron chi connectivity index (χ1n) is 22.6. The van der Waals surface area contributed by atoms with Crippen molar-refractivity contribution in [1.82, 2.24) is 5.06 Å². The third-order valence-electron chi connectivity index (χ3n) is 12.9. The van der Waals surface area contributed by atoms with E-state index in [9.17, 15) is 53.3 Å². The second-order valence-corrected chi connectivity index (χ2v) is 22.5. The summed E-state index contributed by atoms with van der Waals surface area (Å²) in [7, 11) is -13.8. The molecule has 3 aliphatic heterocycles. The molecular formula is C49H53N3Na2O14S3. The molecule has 22 heteroatoms. The van der Waals surface area contributed by atoms with Crippen molar-refractivity contribution in [2.24, 2.45) is 0 Å². The Balaban J connectivity index is 0.00000469. The smallest absolute Gasteiger partial charge is 0.748 e. The molecule has 1 aliphatic carbocycles. The standard InChI is InChI=1S/C49H55N3O14S3.2Na/c1-48(2)38-14-4-6-16-40(38)50(30-10-32-67(56,57)58)42(48)25-19-34-12-8-13-35(47(34)65-36-21-23-37(24-22-36)69(62,63)64)20-26-43-49(3,29-9-18-46(55)66-52-44(53)27-28-45(52)54)39-15-5-7-17-41(39)51(43)31-11-33-68(59,60)61;;/h4-7,14-17,19-26H,8-13,18,27-33H2,1-3H3,(H2-,56,57,58,59,60,61,62,63,64);;/q;2*+1/p-2. The van der Waals surface area contributed by atoms with Crippen molar-refractivity contribution in [3.8, 4) is 5.75 Å². The van der Waals surface area contributed by atoms with Crippen LogP contribution < -0.4 is 68.8 Å². The molecule has 368 valence electrons. The van der Waals surface area contributed by atoms with Gasteiger partial charge in [0.1, 0.15) is 28.2 Å². The molecular weight excluding hydrogens is 997 g/mol. The van der Waals surface area contributed by atoms with Gasteiger partial charge >= 0.3 is 65.1 Å². The van der Waals surface area contributed by atoms with Gasteiger partial charge in [0, 0.05) is 78.2 Å². The van der Waals surface area contributed by atoms with Gasteiger partial charge in [0.05, 0.1) is 30.5 Å². The number of amides is 2. The third kappa shape index (κ3) is 13.9. The molecule has 1 saturated heterocycles. The van der Waals surface area contributed by atoms with Crippen molar-refractivity contribution >= 4 is 65.2 Å². The third-order valence-corrected chi connectivity index (χ3v) is 15.4. The molecule has 7 rings (SSSR count). The summed E-state index contributed by atoms with van der Waals surface area (Å²) in [5.74, 6) is -2.38. The number of carbonyl (C=O) groups is 3. The monoisotopic (exact) mass is 1050 g/mol. The molecule has 71 heavy (non-hydrogen) atoms. The molecule has 0 spiro atoms. The van der Waals surface area contributed by atoms with Gasteiger partial charge in [-0.05, 0) is 118 Å². The number of imide groups is 1. The van der Waals surface area contributed by atoms with Gasteiger partial charge in [0.25, 0.3) is 11.8 Å². The molecule has 0 radical (unpaired) electrons. The Hall–Kier alpha value is -3.77. The quantitative estimate of drug-likeness (QED) is 0.0677. The molecule has 0 N–H and O–H groups in total. The number of carbonyl (C=O) groups excluding carboxylic acids is 3. The van der Waals surface area contributed by atoms with E-state index in [1.54, 1.807) is 0 Å². The van der Waals surface area contributed by atoms with Gasteiger partial charge in [0.2, 0.25) is 5.69 Å². The zero-order valence-electron chi connectivity index (χ0n) is 40.4. The minimum atomic E-state index is -4.76. The van der Waals surface area contributed by atoms with Crippen molar-refractivity contribution < 1.29 is 127 Å². The number of para-hydroxylation sites is 2. The van der Waals surface area contributed by atoms with Gasteiger partial charge in [-0.3, -0.25) is 9.59 Å². The van der Waals surface area contributed by atoms with Gasteiger partial charge < -0.3 is 28.1 Å². The Bertz CT molecular complexity index is 3040. The van der Waals surface area contributed by atoms with Crippen molar-refractivity contribution in [3.05, 3.63) is 131 Å². The van der Waals surface area contributed by atoms with Crippen molar-refractivity contribution in [1.29, 1.82) is 0 Å². The van der Waals surface area contributed by atoms with Crippen LogP contribution in [0.4, 0.5) is 11.4 Å². The zero-order chi connectivity index (χ0) is 49.9.